The summed E-state index contributed by atoms with van der Waals surface area (Å²) in [6, 6.07) is 1.49. The third-order valence-corrected chi connectivity index (χ3v) is 3.42. The van der Waals surface area contributed by atoms with Crippen molar-refractivity contribution in [2.75, 3.05) is 19.7 Å². The highest BCUT2D eigenvalue weighted by Gasteiger charge is 2.36. The number of rotatable bonds is 4. The quantitative estimate of drug-likeness (QED) is 0.833. The van der Waals surface area contributed by atoms with E-state index >= 15 is 0 Å². The summed E-state index contributed by atoms with van der Waals surface area (Å²) in [6.07, 6.45) is -0.325. The highest BCUT2D eigenvalue weighted by atomic mass is 19.1. The number of amides is 2. The molecular weight excluding hydrogens is 310 g/mol. The van der Waals surface area contributed by atoms with Gasteiger partial charge in [0.25, 0.3) is 5.91 Å². The minimum absolute atomic E-state index is 0.117. The van der Waals surface area contributed by atoms with Crippen LogP contribution in [-0.2, 0) is 14.3 Å². The van der Waals surface area contributed by atoms with Crippen molar-refractivity contribution in [3.63, 3.8) is 0 Å². The Bertz CT molecular complexity index is 636. The highest BCUT2D eigenvalue weighted by molar-refractivity contribution is 5.99. The highest BCUT2D eigenvalue weighted by Crippen LogP contribution is 2.17. The Morgan fingerprint density at radius 2 is 2.13 bits per heavy atom. The van der Waals surface area contributed by atoms with Crippen molar-refractivity contribution in [2.24, 2.45) is 0 Å². The average Bonchev–Trinajstić information content (AvgIpc) is 2.49. The number of piperazine rings is 1. The molecule has 1 fully saturated rings. The second kappa shape index (κ2) is 7.17. The number of carbonyl (C=O) groups is 3. The van der Waals surface area contributed by atoms with Gasteiger partial charge in [-0.25, -0.2) is 8.78 Å². The molecule has 8 heteroatoms. The number of halogens is 2. The van der Waals surface area contributed by atoms with Crippen LogP contribution in [-0.4, -0.2) is 48.4 Å². The Morgan fingerprint density at radius 1 is 1.39 bits per heavy atom. The summed E-state index contributed by atoms with van der Waals surface area (Å²) in [5, 5.41) is 2.55. The van der Waals surface area contributed by atoms with Crippen LogP contribution in [0.4, 0.5) is 8.78 Å². The summed E-state index contributed by atoms with van der Waals surface area (Å²) >= 11 is 0. The summed E-state index contributed by atoms with van der Waals surface area (Å²) in [5.74, 6) is -3.74. The molecule has 1 aromatic carbocycles. The van der Waals surface area contributed by atoms with E-state index in [9.17, 15) is 23.2 Å². The van der Waals surface area contributed by atoms with Gasteiger partial charge in [-0.3, -0.25) is 14.4 Å². The Morgan fingerprint density at radius 3 is 2.78 bits per heavy atom. The van der Waals surface area contributed by atoms with Gasteiger partial charge in [0.15, 0.2) is 0 Å². The van der Waals surface area contributed by atoms with Crippen LogP contribution < -0.4 is 5.32 Å². The standard InChI is InChI=1S/C15H16F2N2O4/c1-2-23-13(20)8-12-14(21)18-5-6-19(12)15(22)10-4-3-9(16)7-11(10)17/h3-4,7,12H,2,5-6,8H2,1H3,(H,18,21)/t12-/m0/s1. The summed E-state index contributed by atoms with van der Waals surface area (Å²) < 4.78 is 31.5. The van der Waals surface area contributed by atoms with Gasteiger partial charge in [-0.1, -0.05) is 0 Å². The number of benzene rings is 1. The first-order valence-electron chi connectivity index (χ1n) is 7.13. The maximum Gasteiger partial charge on any atom is 0.308 e. The van der Waals surface area contributed by atoms with Crippen molar-refractivity contribution < 1.29 is 27.9 Å². The lowest BCUT2D eigenvalue weighted by Crippen LogP contribution is -2.58. The fourth-order valence-corrected chi connectivity index (χ4v) is 2.36. The fourth-order valence-electron chi connectivity index (χ4n) is 2.36. The second-order valence-electron chi connectivity index (χ2n) is 4.94. The van der Waals surface area contributed by atoms with E-state index in [1.807, 2.05) is 0 Å². The van der Waals surface area contributed by atoms with Gasteiger partial charge in [0.2, 0.25) is 5.91 Å². The third kappa shape index (κ3) is 3.82. The molecule has 1 saturated heterocycles. The molecule has 23 heavy (non-hydrogen) atoms. The molecule has 2 amide bonds. The molecule has 1 N–H and O–H groups in total. The molecule has 1 aliphatic heterocycles. The van der Waals surface area contributed by atoms with E-state index in [0.29, 0.717) is 6.07 Å². The van der Waals surface area contributed by atoms with Gasteiger partial charge in [0.05, 0.1) is 18.6 Å². The van der Waals surface area contributed by atoms with Gasteiger partial charge >= 0.3 is 5.97 Å². The summed E-state index contributed by atoms with van der Waals surface area (Å²) in [4.78, 5) is 37.1. The van der Waals surface area contributed by atoms with Crippen molar-refractivity contribution >= 4 is 17.8 Å². The molecule has 0 saturated carbocycles. The van der Waals surface area contributed by atoms with E-state index < -0.39 is 35.5 Å². The molecule has 0 spiro atoms. The van der Waals surface area contributed by atoms with Crippen LogP contribution in [0, 0.1) is 11.6 Å². The minimum atomic E-state index is -1.08. The third-order valence-electron chi connectivity index (χ3n) is 3.42. The molecule has 0 radical (unpaired) electrons. The Labute approximate surface area is 131 Å². The molecular formula is C15H16F2N2O4. The normalized spacial score (nSPS) is 17.6. The summed E-state index contributed by atoms with van der Waals surface area (Å²) in [5.41, 5.74) is -0.352. The molecule has 1 aromatic rings. The molecule has 0 aromatic heterocycles. The average molecular weight is 326 g/mol. The molecule has 1 heterocycles. The van der Waals surface area contributed by atoms with Crippen LogP contribution in [0.2, 0.25) is 0 Å². The lowest BCUT2D eigenvalue weighted by molar-refractivity contribution is -0.147. The first-order chi connectivity index (χ1) is 10.9. The number of hydrogen-bond donors (Lipinski definition) is 1. The summed E-state index contributed by atoms with van der Waals surface area (Å²) in [6.45, 7) is 2.07. The molecule has 0 bridgehead atoms. The largest absolute Gasteiger partial charge is 0.466 e. The predicted octanol–water partition coefficient (Wildman–Crippen LogP) is 0.859. The molecule has 1 aliphatic rings. The molecule has 2 rings (SSSR count). The van der Waals surface area contributed by atoms with Crippen molar-refractivity contribution in [3.8, 4) is 0 Å². The Balaban J connectivity index is 2.24. The monoisotopic (exact) mass is 326 g/mol. The lowest BCUT2D eigenvalue weighted by atomic mass is 10.1. The molecule has 0 unspecified atom stereocenters. The second-order valence-corrected chi connectivity index (χ2v) is 4.94. The lowest BCUT2D eigenvalue weighted by Gasteiger charge is -2.34. The minimum Gasteiger partial charge on any atom is -0.466 e. The molecule has 0 aliphatic carbocycles. The van der Waals surface area contributed by atoms with E-state index in [0.717, 1.165) is 17.0 Å². The Kier molecular flexibility index (Phi) is 5.25. The number of nitrogens with one attached hydrogen (secondary N) is 1. The Hall–Kier alpha value is -2.51. The number of esters is 1. The van der Waals surface area contributed by atoms with Crippen LogP contribution in [0.3, 0.4) is 0 Å². The van der Waals surface area contributed by atoms with Crippen LogP contribution in [0.25, 0.3) is 0 Å². The van der Waals surface area contributed by atoms with Gasteiger partial charge in [0.1, 0.15) is 17.7 Å². The zero-order valence-electron chi connectivity index (χ0n) is 12.5. The number of ether oxygens (including phenoxy) is 1. The first-order valence-corrected chi connectivity index (χ1v) is 7.13. The van der Waals surface area contributed by atoms with Gasteiger partial charge in [-0.05, 0) is 19.1 Å². The van der Waals surface area contributed by atoms with E-state index in [4.69, 9.17) is 4.74 Å². The van der Waals surface area contributed by atoms with E-state index in [-0.39, 0.29) is 31.7 Å². The van der Waals surface area contributed by atoms with Crippen LogP contribution in [0.15, 0.2) is 18.2 Å². The van der Waals surface area contributed by atoms with Crippen molar-refractivity contribution in [2.45, 2.75) is 19.4 Å². The SMILES string of the molecule is CCOC(=O)C[C@H]1C(=O)NCCN1C(=O)c1ccc(F)cc1F. The number of hydrogen-bond acceptors (Lipinski definition) is 4. The topological polar surface area (TPSA) is 75.7 Å². The van der Waals surface area contributed by atoms with Crippen molar-refractivity contribution in [1.82, 2.24) is 10.2 Å². The fraction of sp³-hybridized carbons (Fsp3) is 0.400. The predicted molar refractivity (Wildman–Crippen MR) is 75.4 cm³/mol. The van der Waals surface area contributed by atoms with E-state index in [1.165, 1.54) is 0 Å². The van der Waals surface area contributed by atoms with Crippen LogP contribution >= 0.6 is 0 Å². The van der Waals surface area contributed by atoms with Gasteiger partial charge < -0.3 is 15.0 Å². The van der Waals surface area contributed by atoms with E-state index in [2.05, 4.69) is 5.32 Å². The smallest absolute Gasteiger partial charge is 0.308 e. The van der Waals surface area contributed by atoms with Gasteiger partial charge in [-0.2, -0.15) is 0 Å². The van der Waals surface area contributed by atoms with Gasteiger partial charge in [0, 0.05) is 19.2 Å². The van der Waals surface area contributed by atoms with Gasteiger partial charge in [-0.15, -0.1) is 0 Å². The number of carbonyl (C=O) groups excluding carboxylic acids is 3. The zero-order chi connectivity index (χ0) is 17.0. The zero-order valence-corrected chi connectivity index (χ0v) is 12.5. The van der Waals surface area contributed by atoms with E-state index in [1.54, 1.807) is 6.92 Å². The maximum absolute atomic E-state index is 13.8. The first kappa shape index (κ1) is 16.9. The molecule has 1 atom stereocenters. The number of nitrogens with zero attached hydrogens (tertiary/aromatic N) is 1. The van der Waals surface area contributed by atoms with Crippen molar-refractivity contribution in [3.05, 3.63) is 35.4 Å². The molecule has 124 valence electrons. The van der Waals surface area contributed by atoms with Crippen molar-refractivity contribution in [1.29, 1.82) is 0 Å². The van der Waals surface area contributed by atoms with Crippen LogP contribution in [0.5, 0.6) is 0 Å². The van der Waals surface area contributed by atoms with Crippen LogP contribution in [0.1, 0.15) is 23.7 Å². The maximum atomic E-state index is 13.8. The summed E-state index contributed by atoms with van der Waals surface area (Å²) in [7, 11) is 0. The molecule has 6 nitrogen and oxygen atoms in total.